The largest absolute Gasteiger partial charge is 0.444 e. The van der Waals surface area contributed by atoms with Gasteiger partial charge in [-0.3, -0.25) is 4.79 Å². The second-order valence-corrected chi connectivity index (χ2v) is 10.9. The van der Waals surface area contributed by atoms with Gasteiger partial charge in [0.15, 0.2) is 0 Å². The third-order valence-corrected chi connectivity index (χ3v) is 6.91. The number of carbonyl (C=O) groups is 2. The number of rotatable bonds is 6. The standard InChI is InChI=1S/C31H35F2N3O3/c1-31(2,3)39-30(38)35(5)26-16-17-36(20-26)28-15-14-25(19-27(28)33)34(4)29(37)18-21-6-8-22(9-7-21)23-10-12-24(32)13-11-23/h6-15,19,26H,16-18,20H2,1-5H3. The zero-order chi connectivity index (χ0) is 28.3. The van der Waals surface area contributed by atoms with Gasteiger partial charge in [-0.2, -0.15) is 0 Å². The number of likely N-dealkylation sites (N-methyl/N-ethyl adjacent to an activating group) is 2. The van der Waals surface area contributed by atoms with Gasteiger partial charge in [-0.05, 0) is 74.2 Å². The first-order chi connectivity index (χ1) is 18.4. The van der Waals surface area contributed by atoms with Gasteiger partial charge in [-0.25, -0.2) is 13.6 Å². The smallest absolute Gasteiger partial charge is 0.410 e. The lowest BCUT2D eigenvalue weighted by molar-refractivity contribution is -0.117. The van der Waals surface area contributed by atoms with Crippen molar-refractivity contribution in [2.24, 2.45) is 0 Å². The Labute approximate surface area is 228 Å². The summed E-state index contributed by atoms with van der Waals surface area (Å²) in [6.07, 6.45) is 0.472. The van der Waals surface area contributed by atoms with Crippen molar-refractivity contribution >= 4 is 23.4 Å². The van der Waals surface area contributed by atoms with Gasteiger partial charge in [0.05, 0.1) is 18.2 Å². The van der Waals surface area contributed by atoms with E-state index >= 15 is 4.39 Å². The topological polar surface area (TPSA) is 53.1 Å². The van der Waals surface area contributed by atoms with Gasteiger partial charge in [-0.1, -0.05) is 36.4 Å². The predicted octanol–water partition coefficient (Wildman–Crippen LogP) is 6.28. The van der Waals surface area contributed by atoms with Crippen LogP contribution in [0.25, 0.3) is 11.1 Å². The molecule has 0 aromatic heterocycles. The van der Waals surface area contributed by atoms with E-state index in [1.54, 1.807) is 43.3 Å². The quantitative estimate of drug-likeness (QED) is 0.373. The number of ether oxygens (including phenoxy) is 1. The van der Waals surface area contributed by atoms with E-state index in [-0.39, 0.29) is 24.2 Å². The van der Waals surface area contributed by atoms with Crippen LogP contribution in [0.3, 0.4) is 0 Å². The fraction of sp³-hybridized carbons (Fsp3) is 0.355. The minimum atomic E-state index is -0.581. The van der Waals surface area contributed by atoms with Gasteiger partial charge in [0.25, 0.3) is 0 Å². The molecule has 0 aliphatic carbocycles. The summed E-state index contributed by atoms with van der Waals surface area (Å²) in [7, 11) is 3.34. The maximum absolute atomic E-state index is 15.2. The molecule has 1 saturated heterocycles. The van der Waals surface area contributed by atoms with E-state index in [0.29, 0.717) is 30.9 Å². The highest BCUT2D eigenvalue weighted by Gasteiger charge is 2.32. The molecule has 2 amide bonds. The molecule has 6 nitrogen and oxygen atoms in total. The number of amides is 2. The Morgan fingerprint density at radius 3 is 2.15 bits per heavy atom. The number of anilines is 2. The normalized spacial score (nSPS) is 15.3. The monoisotopic (exact) mass is 535 g/mol. The summed E-state index contributed by atoms with van der Waals surface area (Å²) in [5.74, 6) is -0.878. The van der Waals surface area contributed by atoms with Crippen LogP contribution >= 0.6 is 0 Å². The van der Waals surface area contributed by atoms with E-state index in [1.807, 2.05) is 49.9 Å². The van der Waals surface area contributed by atoms with E-state index in [2.05, 4.69) is 0 Å². The number of nitrogens with zero attached hydrogens (tertiary/aromatic N) is 3. The zero-order valence-electron chi connectivity index (χ0n) is 23.1. The summed E-state index contributed by atoms with van der Waals surface area (Å²) >= 11 is 0. The molecule has 0 radical (unpaired) electrons. The van der Waals surface area contributed by atoms with E-state index in [0.717, 1.165) is 16.7 Å². The first-order valence-electron chi connectivity index (χ1n) is 13.0. The van der Waals surface area contributed by atoms with Crippen LogP contribution in [0, 0.1) is 11.6 Å². The molecular formula is C31H35F2N3O3. The molecule has 1 aliphatic heterocycles. The summed E-state index contributed by atoms with van der Waals surface area (Å²) in [5.41, 5.74) is 2.97. The molecule has 1 fully saturated rings. The van der Waals surface area contributed by atoms with Crippen LogP contribution in [-0.4, -0.2) is 55.7 Å². The van der Waals surface area contributed by atoms with Crippen molar-refractivity contribution in [3.8, 4) is 11.1 Å². The third kappa shape index (κ3) is 6.93. The molecule has 1 unspecified atom stereocenters. The Hall–Kier alpha value is -3.94. The van der Waals surface area contributed by atoms with Crippen molar-refractivity contribution in [3.05, 3.63) is 83.9 Å². The second-order valence-electron chi connectivity index (χ2n) is 10.9. The highest BCUT2D eigenvalue weighted by Crippen LogP contribution is 2.29. The van der Waals surface area contributed by atoms with Crippen molar-refractivity contribution in [3.63, 3.8) is 0 Å². The molecule has 3 aromatic carbocycles. The van der Waals surface area contributed by atoms with Crippen LogP contribution < -0.4 is 9.80 Å². The molecule has 0 saturated carbocycles. The van der Waals surface area contributed by atoms with Gasteiger partial charge in [0.1, 0.15) is 17.2 Å². The van der Waals surface area contributed by atoms with Crippen molar-refractivity contribution in [1.82, 2.24) is 4.90 Å². The molecule has 4 rings (SSSR count). The molecule has 0 N–H and O–H groups in total. The first-order valence-corrected chi connectivity index (χ1v) is 13.0. The lowest BCUT2D eigenvalue weighted by Crippen LogP contribution is -2.42. The van der Waals surface area contributed by atoms with Crippen LogP contribution in [0.5, 0.6) is 0 Å². The first kappa shape index (κ1) is 28.1. The lowest BCUT2D eigenvalue weighted by atomic mass is 10.0. The summed E-state index contributed by atoms with van der Waals surface area (Å²) in [6.45, 7) is 6.57. The Morgan fingerprint density at radius 2 is 1.56 bits per heavy atom. The Balaban J connectivity index is 1.36. The molecule has 1 heterocycles. The molecule has 39 heavy (non-hydrogen) atoms. The van der Waals surface area contributed by atoms with Gasteiger partial charge in [0, 0.05) is 32.9 Å². The minimum Gasteiger partial charge on any atom is -0.444 e. The molecule has 1 atom stereocenters. The van der Waals surface area contributed by atoms with Gasteiger partial charge < -0.3 is 19.4 Å². The van der Waals surface area contributed by atoms with Gasteiger partial charge in [0.2, 0.25) is 5.91 Å². The maximum Gasteiger partial charge on any atom is 0.410 e. The van der Waals surface area contributed by atoms with Crippen molar-refractivity contribution in [2.75, 3.05) is 37.0 Å². The van der Waals surface area contributed by atoms with E-state index in [9.17, 15) is 14.0 Å². The Bertz CT molecular complexity index is 1320. The van der Waals surface area contributed by atoms with Gasteiger partial charge >= 0.3 is 6.09 Å². The number of hydrogen-bond donors (Lipinski definition) is 0. The molecule has 3 aromatic rings. The molecule has 1 aliphatic rings. The minimum absolute atomic E-state index is 0.0855. The average Bonchev–Trinajstić information content (AvgIpc) is 3.37. The van der Waals surface area contributed by atoms with Crippen LogP contribution in [0.1, 0.15) is 32.8 Å². The molecular weight excluding hydrogens is 500 g/mol. The second kappa shape index (κ2) is 11.4. The number of carbonyl (C=O) groups excluding carboxylic acids is 2. The molecule has 0 spiro atoms. The van der Waals surface area contributed by atoms with Crippen molar-refractivity contribution < 1.29 is 23.1 Å². The van der Waals surface area contributed by atoms with Gasteiger partial charge in [-0.15, -0.1) is 0 Å². The number of benzene rings is 3. The maximum atomic E-state index is 15.2. The molecule has 0 bridgehead atoms. The average molecular weight is 536 g/mol. The Morgan fingerprint density at radius 1 is 0.949 bits per heavy atom. The SMILES string of the molecule is CN(C(=O)Cc1ccc(-c2ccc(F)cc2)cc1)c1ccc(N2CCC(N(C)C(=O)OC(C)(C)C)C2)c(F)c1. The third-order valence-electron chi connectivity index (χ3n) is 6.91. The summed E-state index contributed by atoms with van der Waals surface area (Å²) in [5, 5.41) is 0. The number of hydrogen-bond acceptors (Lipinski definition) is 4. The fourth-order valence-corrected chi connectivity index (χ4v) is 4.62. The van der Waals surface area contributed by atoms with E-state index in [4.69, 9.17) is 4.74 Å². The van der Waals surface area contributed by atoms with Crippen molar-refractivity contribution in [1.29, 1.82) is 0 Å². The van der Waals surface area contributed by atoms with Crippen LogP contribution in [0.2, 0.25) is 0 Å². The van der Waals surface area contributed by atoms with Crippen molar-refractivity contribution in [2.45, 2.75) is 45.3 Å². The predicted molar refractivity (Wildman–Crippen MR) is 150 cm³/mol. The summed E-state index contributed by atoms with van der Waals surface area (Å²) in [6, 6.07) is 18.5. The highest BCUT2D eigenvalue weighted by molar-refractivity contribution is 5.94. The number of halogens is 2. The molecule has 206 valence electrons. The lowest BCUT2D eigenvalue weighted by Gasteiger charge is -2.29. The Kier molecular flexibility index (Phi) is 8.23. The fourth-order valence-electron chi connectivity index (χ4n) is 4.62. The summed E-state index contributed by atoms with van der Waals surface area (Å²) < 4.78 is 33.8. The van der Waals surface area contributed by atoms with E-state index in [1.165, 1.54) is 23.1 Å². The van der Waals surface area contributed by atoms with Crippen LogP contribution in [-0.2, 0) is 16.0 Å². The van der Waals surface area contributed by atoms with E-state index < -0.39 is 17.5 Å². The van der Waals surface area contributed by atoms with Crippen LogP contribution in [0.4, 0.5) is 25.0 Å². The summed E-state index contributed by atoms with van der Waals surface area (Å²) in [4.78, 5) is 30.3. The molecule has 8 heteroatoms. The zero-order valence-corrected chi connectivity index (χ0v) is 23.1. The van der Waals surface area contributed by atoms with Crippen LogP contribution in [0.15, 0.2) is 66.7 Å². The highest BCUT2D eigenvalue weighted by atomic mass is 19.1.